The van der Waals surface area contributed by atoms with Gasteiger partial charge in [0.05, 0.1) is 4.90 Å². The van der Waals surface area contributed by atoms with Gasteiger partial charge in [0.15, 0.2) is 0 Å². The minimum Gasteiger partial charge on any atom is -0.286 e. The summed E-state index contributed by atoms with van der Waals surface area (Å²) < 4.78 is 29.9. The molecule has 2 aromatic carbocycles. The number of nitrogens with one attached hydrogen (secondary N) is 1. The first kappa shape index (κ1) is 17.9. The van der Waals surface area contributed by atoms with Crippen molar-refractivity contribution < 1.29 is 13.2 Å². The molecule has 9 heteroatoms. The predicted octanol–water partition coefficient (Wildman–Crippen LogP) is 2.93. The summed E-state index contributed by atoms with van der Waals surface area (Å²) in [6, 6.07) is 15.8. The Balaban J connectivity index is 2.05. The minimum atomic E-state index is -4.12. The molecule has 132 valence electrons. The van der Waals surface area contributed by atoms with Crippen LogP contribution in [0.5, 0.6) is 0 Å². The van der Waals surface area contributed by atoms with Gasteiger partial charge in [-0.15, -0.1) is 0 Å². The smallest absolute Gasteiger partial charge is 0.229 e. The Kier molecular flexibility index (Phi) is 5.19. The third-order valence-electron chi connectivity index (χ3n) is 3.32. The van der Waals surface area contributed by atoms with Gasteiger partial charge < -0.3 is 0 Å². The molecule has 1 aromatic heterocycles. The van der Waals surface area contributed by atoms with Crippen molar-refractivity contribution in [3.8, 4) is 0 Å². The number of aryl methyl sites for hydroxylation is 1. The van der Waals surface area contributed by atoms with Crippen LogP contribution >= 0.6 is 11.5 Å². The highest BCUT2D eigenvalue weighted by atomic mass is 32.2. The number of hydrazone groups is 1. The SMILES string of the molecule is Cc1nsc(N/N=C(/C(=O)c2ccccc2)S(=O)(=O)c2ccccc2)n1. The van der Waals surface area contributed by atoms with Crippen LogP contribution in [-0.2, 0) is 9.84 Å². The molecule has 3 aromatic rings. The number of carbonyl (C=O) groups excluding carboxylic acids is 1. The van der Waals surface area contributed by atoms with E-state index >= 15 is 0 Å². The van der Waals surface area contributed by atoms with Crippen molar-refractivity contribution in [1.82, 2.24) is 9.36 Å². The lowest BCUT2D eigenvalue weighted by atomic mass is 10.1. The second-order valence-corrected chi connectivity index (χ2v) is 7.80. The number of anilines is 1. The number of rotatable bonds is 5. The number of benzene rings is 2. The van der Waals surface area contributed by atoms with Crippen LogP contribution in [0.15, 0.2) is 70.7 Å². The van der Waals surface area contributed by atoms with E-state index in [0.29, 0.717) is 11.0 Å². The van der Waals surface area contributed by atoms with Crippen LogP contribution in [0.1, 0.15) is 16.2 Å². The summed E-state index contributed by atoms with van der Waals surface area (Å²) in [5, 5.41) is 3.56. The van der Waals surface area contributed by atoms with Gasteiger partial charge >= 0.3 is 0 Å². The van der Waals surface area contributed by atoms with E-state index in [4.69, 9.17) is 0 Å². The van der Waals surface area contributed by atoms with Crippen molar-refractivity contribution in [2.24, 2.45) is 5.10 Å². The zero-order valence-electron chi connectivity index (χ0n) is 13.7. The fraction of sp³-hybridized carbons (Fsp3) is 0.0588. The van der Waals surface area contributed by atoms with Gasteiger partial charge in [0, 0.05) is 17.1 Å². The molecule has 0 atom stereocenters. The fourth-order valence-electron chi connectivity index (χ4n) is 2.10. The third-order valence-corrected chi connectivity index (χ3v) is 5.71. The second-order valence-electron chi connectivity index (χ2n) is 5.19. The Morgan fingerprint density at radius 1 is 1.04 bits per heavy atom. The van der Waals surface area contributed by atoms with Gasteiger partial charge in [-0.2, -0.15) is 9.47 Å². The highest BCUT2D eigenvalue weighted by molar-refractivity contribution is 8.08. The number of carbonyl (C=O) groups is 1. The van der Waals surface area contributed by atoms with E-state index in [9.17, 15) is 13.2 Å². The maximum absolute atomic E-state index is 12.9. The quantitative estimate of drug-likeness (QED) is 0.313. The molecule has 0 bridgehead atoms. The molecule has 0 spiro atoms. The van der Waals surface area contributed by atoms with Crippen LogP contribution in [-0.4, -0.2) is 28.6 Å². The van der Waals surface area contributed by atoms with Crippen LogP contribution in [0.4, 0.5) is 5.13 Å². The van der Waals surface area contributed by atoms with Crippen molar-refractivity contribution >= 4 is 37.3 Å². The highest BCUT2D eigenvalue weighted by Gasteiger charge is 2.30. The number of hydrogen-bond acceptors (Lipinski definition) is 8. The first-order chi connectivity index (χ1) is 12.5. The van der Waals surface area contributed by atoms with Crippen LogP contribution < -0.4 is 5.43 Å². The Morgan fingerprint density at radius 3 is 2.23 bits per heavy atom. The molecule has 0 aliphatic rings. The van der Waals surface area contributed by atoms with Crippen LogP contribution in [0.2, 0.25) is 0 Å². The molecule has 3 rings (SSSR count). The van der Waals surface area contributed by atoms with Gasteiger partial charge in [-0.05, 0) is 19.1 Å². The molecule has 0 radical (unpaired) electrons. The minimum absolute atomic E-state index is 0.0155. The molecule has 0 aliphatic heterocycles. The molecular weight excluding hydrogens is 372 g/mol. The Hall–Kier alpha value is -2.91. The molecule has 7 nitrogen and oxygen atoms in total. The van der Waals surface area contributed by atoms with Crippen LogP contribution in [0.25, 0.3) is 0 Å². The van der Waals surface area contributed by atoms with Crippen molar-refractivity contribution in [1.29, 1.82) is 0 Å². The van der Waals surface area contributed by atoms with Gasteiger partial charge in [-0.1, -0.05) is 48.5 Å². The van der Waals surface area contributed by atoms with E-state index in [1.165, 1.54) is 24.3 Å². The first-order valence-corrected chi connectivity index (χ1v) is 9.78. The number of sulfone groups is 1. The Labute approximate surface area is 154 Å². The number of Topliss-reactive ketones (excluding diaryl/α,β-unsaturated/α-hetero) is 1. The summed E-state index contributed by atoms with van der Waals surface area (Å²) in [6.07, 6.45) is 0. The number of nitrogens with zero attached hydrogens (tertiary/aromatic N) is 3. The van der Waals surface area contributed by atoms with Gasteiger partial charge in [0.25, 0.3) is 0 Å². The maximum atomic E-state index is 12.9. The van der Waals surface area contributed by atoms with Crippen molar-refractivity contribution in [3.63, 3.8) is 0 Å². The summed E-state index contributed by atoms with van der Waals surface area (Å²) in [4.78, 5) is 16.8. The normalized spacial score (nSPS) is 12.0. The maximum Gasteiger partial charge on any atom is 0.229 e. The van der Waals surface area contributed by atoms with Crippen LogP contribution in [0.3, 0.4) is 0 Å². The van der Waals surface area contributed by atoms with Crippen molar-refractivity contribution in [2.45, 2.75) is 11.8 Å². The second kappa shape index (κ2) is 7.54. The van der Waals surface area contributed by atoms with Crippen LogP contribution in [0, 0.1) is 6.92 Å². The summed E-state index contributed by atoms with van der Waals surface area (Å²) in [7, 11) is -4.12. The average Bonchev–Trinajstić information content (AvgIpc) is 3.08. The molecule has 0 saturated heterocycles. The fourth-order valence-corrected chi connectivity index (χ4v) is 3.88. The van der Waals surface area contributed by atoms with Gasteiger partial charge in [-0.3, -0.25) is 4.79 Å². The Morgan fingerprint density at radius 2 is 1.65 bits per heavy atom. The van der Waals surface area contributed by atoms with E-state index in [0.717, 1.165) is 11.5 Å². The lowest BCUT2D eigenvalue weighted by Crippen LogP contribution is -2.26. The molecule has 0 aliphatic carbocycles. The lowest BCUT2D eigenvalue weighted by molar-refractivity contribution is 0.106. The molecular formula is C17H14N4O3S2. The monoisotopic (exact) mass is 386 g/mol. The number of hydrogen-bond donors (Lipinski definition) is 1. The number of aromatic nitrogens is 2. The molecule has 26 heavy (non-hydrogen) atoms. The zero-order chi connectivity index (χ0) is 18.6. The summed E-state index contributed by atoms with van der Waals surface area (Å²) in [6.45, 7) is 1.70. The predicted molar refractivity (Wildman–Crippen MR) is 100 cm³/mol. The number of ketones is 1. The highest BCUT2D eigenvalue weighted by Crippen LogP contribution is 2.17. The largest absolute Gasteiger partial charge is 0.286 e. The van der Waals surface area contributed by atoms with E-state index in [-0.39, 0.29) is 10.5 Å². The van der Waals surface area contributed by atoms with E-state index in [1.807, 2.05) is 0 Å². The van der Waals surface area contributed by atoms with E-state index in [2.05, 4.69) is 19.9 Å². The molecule has 0 unspecified atom stereocenters. The van der Waals surface area contributed by atoms with Gasteiger partial charge in [0.2, 0.25) is 25.8 Å². The average molecular weight is 386 g/mol. The standard InChI is InChI=1S/C17H14N4O3S2/c1-12-18-17(25-21-12)20-19-16(15(22)13-8-4-2-5-9-13)26(23,24)14-10-6-3-7-11-14/h2-11H,1H3,(H,18,20,21)/b19-16-. The van der Waals surface area contributed by atoms with Gasteiger partial charge in [0.1, 0.15) is 5.82 Å². The van der Waals surface area contributed by atoms with Crippen molar-refractivity contribution in [2.75, 3.05) is 5.43 Å². The topological polar surface area (TPSA) is 101 Å². The first-order valence-electron chi connectivity index (χ1n) is 7.52. The lowest BCUT2D eigenvalue weighted by Gasteiger charge is -2.08. The van der Waals surface area contributed by atoms with Gasteiger partial charge in [-0.25, -0.2) is 18.8 Å². The molecule has 1 heterocycles. The molecule has 1 N–H and O–H groups in total. The Bertz CT molecular complexity index is 1050. The zero-order valence-corrected chi connectivity index (χ0v) is 15.3. The molecule has 0 amide bonds. The molecule has 0 saturated carbocycles. The van der Waals surface area contributed by atoms with E-state index in [1.54, 1.807) is 43.3 Å². The summed E-state index contributed by atoms with van der Waals surface area (Å²) in [5.74, 6) is -0.183. The third kappa shape index (κ3) is 3.84. The van der Waals surface area contributed by atoms with Crippen molar-refractivity contribution in [3.05, 3.63) is 72.1 Å². The van der Waals surface area contributed by atoms with E-state index < -0.39 is 20.7 Å². The summed E-state index contributed by atoms with van der Waals surface area (Å²) >= 11 is 1.02. The molecule has 0 fully saturated rings. The summed E-state index contributed by atoms with van der Waals surface area (Å²) in [5.41, 5.74) is 2.75.